The van der Waals surface area contributed by atoms with E-state index >= 15 is 0 Å². The second-order valence-electron chi connectivity index (χ2n) is 3.31. The largest absolute Gasteiger partial charge is 0.496 e. The predicted molar refractivity (Wildman–Crippen MR) is 60.1 cm³/mol. The first-order valence-corrected chi connectivity index (χ1v) is 5.01. The zero-order chi connectivity index (χ0) is 11.5. The molecule has 0 aliphatic heterocycles. The molecule has 1 aromatic heterocycles. The minimum absolute atomic E-state index is 0.453. The van der Waals surface area contributed by atoms with Crippen LogP contribution in [-0.2, 0) is 6.42 Å². The van der Waals surface area contributed by atoms with Gasteiger partial charge in [0.15, 0.2) is 0 Å². The maximum atomic E-state index is 5.67. The molecule has 0 aliphatic carbocycles. The van der Waals surface area contributed by atoms with E-state index in [1.807, 2.05) is 6.92 Å². The van der Waals surface area contributed by atoms with Crippen LogP contribution in [0.25, 0.3) is 11.5 Å². The molecule has 1 aromatic carbocycles. The normalized spacial score (nSPS) is 10.4. The molecule has 0 amide bonds. The summed E-state index contributed by atoms with van der Waals surface area (Å²) in [5.41, 5.74) is 7.05. The molecule has 0 spiro atoms. The van der Waals surface area contributed by atoms with Crippen molar-refractivity contribution in [1.29, 1.82) is 0 Å². The molecule has 0 saturated carbocycles. The summed E-state index contributed by atoms with van der Waals surface area (Å²) in [7, 11) is 1.58. The van der Waals surface area contributed by atoms with E-state index < -0.39 is 0 Å². The molecule has 16 heavy (non-hydrogen) atoms. The van der Waals surface area contributed by atoms with E-state index in [-0.39, 0.29) is 0 Å². The van der Waals surface area contributed by atoms with Crippen molar-refractivity contribution in [3.8, 4) is 17.2 Å². The second-order valence-corrected chi connectivity index (χ2v) is 3.31. The van der Waals surface area contributed by atoms with Crippen LogP contribution in [0.4, 0.5) is 5.69 Å². The van der Waals surface area contributed by atoms with Gasteiger partial charge >= 0.3 is 0 Å². The number of ether oxygens (including phenoxy) is 1. The van der Waals surface area contributed by atoms with Gasteiger partial charge in [0.05, 0.1) is 12.7 Å². The van der Waals surface area contributed by atoms with E-state index in [1.54, 1.807) is 25.3 Å². The third-order valence-electron chi connectivity index (χ3n) is 2.23. The Bertz CT molecular complexity index is 494. The molecule has 84 valence electrons. The maximum Gasteiger partial charge on any atom is 0.251 e. The van der Waals surface area contributed by atoms with Gasteiger partial charge in [-0.05, 0) is 12.1 Å². The van der Waals surface area contributed by atoms with Crippen molar-refractivity contribution in [2.24, 2.45) is 0 Å². The fourth-order valence-corrected chi connectivity index (χ4v) is 1.39. The van der Waals surface area contributed by atoms with Gasteiger partial charge in [-0.2, -0.15) is 0 Å². The molecule has 0 saturated heterocycles. The van der Waals surface area contributed by atoms with Gasteiger partial charge in [0.1, 0.15) is 5.75 Å². The van der Waals surface area contributed by atoms with Crippen LogP contribution in [0, 0.1) is 0 Å². The summed E-state index contributed by atoms with van der Waals surface area (Å²) in [6.07, 6.45) is 0.713. The lowest BCUT2D eigenvalue weighted by Crippen LogP contribution is -1.91. The number of aromatic nitrogens is 2. The van der Waals surface area contributed by atoms with E-state index in [9.17, 15) is 0 Å². The van der Waals surface area contributed by atoms with E-state index in [0.29, 0.717) is 29.6 Å². The molecule has 2 rings (SSSR count). The number of nitrogens with zero attached hydrogens (tertiary/aromatic N) is 2. The summed E-state index contributed by atoms with van der Waals surface area (Å²) >= 11 is 0. The molecule has 2 N–H and O–H groups in total. The Balaban J connectivity index is 2.46. The van der Waals surface area contributed by atoms with E-state index in [0.717, 1.165) is 5.56 Å². The fourth-order valence-electron chi connectivity index (χ4n) is 1.39. The van der Waals surface area contributed by atoms with Crippen LogP contribution in [0.2, 0.25) is 0 Å². The number of methoxy groups -OCH3 is 1. The fraction of sp³-hybridized carbons (Fsp3) is 0.273. The Morgan fingerprint density at radius 2 is 2.19 bits per heavy atom. The van der Waals surface area contributed by atoms with Crippen molar-refractivity contribution in [2.45, 2.75) is 13.3 Å². The van der Waals surface area contributed by atoms with E-state index in [4.69, 9.17) is 14.9 Å². The molecule has 5 heteroatoms. The molecule has 0 radical (unpaired) electrons. The van der Waals surface area contributed by atoms with Gasteiger partial charge in [0.25, 0.3) is 5.89 Å². The van der Waals surface area contributed by atoms with Crippen molar-refractivity contribution in [3.63, 3.8) is 0 Å². The molecule has 2 aromatic rings. The highest BCUT2D eigenvalue weighted by Gasteiger charge is 2.12. The highest BCUT2D eigenvalue weighted by molar-refractivity contribution is 5.66. The quantitative estimate of drug-likeness (QED) is 0.798. The topological polar surface area (TPSA) is 74.2 Å². The lowest BCUT2D eigenvalue weighted by Gasteiger charge is -2.05. The van der Waals surface area contributed by atoms with Gasteiger partial charge in [-0.3, -0.25) is 0 Å². The summed E-state index contributed by atoms with van der Waals surface area (Å²) in [4.78, 5) is 0. The number of benzene rings is 1. The standard InChI is InChI=1S/C11H13N3O2/c1-3-10-13-14-11(16-10)8-5-4-7(12)6-9(8)15-2/h4-6H,3,12H2,1-2H3. The average molecular weight is 219 g/mol. The average Bonchev–Trinajstić information content (AvgIpc) is 2.77. The Morgan fingerprint density at radius 3 is 2.81 bits per heavy atom. The van der Waals surface area contributed by atoms with Crippen molar-refractivity contribution in [2.75, 3.05) is 12.8 Å². The molecule has 0 fully saturated rings. The Kier molecular flexibility index (Phi) is 2.76. The van der Waals surface area contributed by atoms with E-state index in [1.165, 1.54) is 0 Å². The first kappa shape index (κ1) is 10.5. The smallest absolute Gasteiger partial charge is 0.251 e. The molecule has 1 heterocycles. The predicted octanol–water partition coefficient (Wildman–Crippen LogP) is 1.89. The minimum Gasteiger partial charge on any atom is -0.496 e. The van der Waals surface area contributed by atoms with Crippen LogP contribution in [0.5, 0.6) is 5.75 Å². The molecule has 0 aliphatic rings. The lowest BCUT2D eigenvalue weighted by atomic mass is 10.2. The summed E-state index contributed by atoms with van der Waals surface area (Å²) in [6, 6.07) is 5.31. The van der Waals surface area contributed by atoms with Gasteiger partial charge in [-0.25, -0.2) is 0 Å². The van der Waals surface area contributed by atoms with Crippen molar-refractivity contribution < 1.29 is 9.15 Å². The van der Waals surface area contributed by atoms with Crippen LogP contribution in [0.1, 0.15) is 12.8 Å². The van der Waals surface area contributed by atoms with Crippen molar-refractivity contribution >= 4 is 5.69 Å². The second kappa shape index (κ2) is 4.22. The number of nitrogen functional groups attached to an aromatic ring is 1. The summed E-state index contributed by atoms with van der Waals surface area (Å²) < 4.78 is 10.7. The van der Waals surface area contributed by atoms with Gasteiger partial charge in [-0.15, -0.1) is 10.2 Å². The van der Waals surface area contributed by atoms with Crippen LogP contribution in [0.3, 0.4) is 0 Å². The van der Waals surface area contributed by atoms with Crippen LogP contribution >= 0.6 is 0 Å². The number of anilines is 1. The number of hydrogen-bond donors (Lipinski definition) is 1. The maximum absolute atomic E-state index is 5.67. The molecule has 5 nitrogen and oxygen atoms in total. The highest BCUT2D eigenvalue weighted by Crippen LogP contribution is 2.30. The number of hydrogen-bond acceptors (Lipinski definition) is 5. The van der Waals surface area contributed by atoms with Crippen molar-refractivity contribution in [3.05, 3.63) is 24.1 Å². The molecule has 0 atom stereocenters. The van der Waals surface area contributed by atoms with Gasteiger partial charge in [0.2, 0.25) is 5.89 Å². The summed E-state index contributed by atoms with van der Waals surface area (Å²) in [5.74, 6) is 1.69. The first-order chi connectivity index (χ1) is 7.74. The molecule has 0 bridgehead atoms. The number of rotatable bonds is 3. The molecular formula is C11H13N3O2. The number of aryl methyl sites for hydroxylation is 1. The van der Waals surface area contributed by atoms with Gasteiger partial charge in [0, 0.05) is 18.2 Å². The molecular weight excluding hydrogens is 206 g/mol. The Labute approximate surface area is 93.2 Å². The van der Waals surface area contributed by atoms with Crippen molar-refractivity contribution in [1.82, 2.24) is 10.2 Å². The van der Waals surface area contributed by atoms with E-state index in [2.05, 4.69) is 10.2 Å². The Hall–Kier alpha value is -2.04. The zero-order valence-electron chi connectivity index (χ0n) is 9.23. The third-order valence-corrected chi connectivity index (χ3v) is 2.23. The monoisotopic (exact) mass is 219 g/mol. The van der Waals surface area contributed by atoms with Crippen LogP contribution < -0.4 is 10.5 Å². The zero-order valence-corrected chi connectivity index (χ0v) is 9.23. The SMILES string of the molecule is CCc1nnc(-c2ccc(N)cc2OC)o1. The number of nitrogens with two attached hydrogens (primary N) is 1. The highest BCUT2D eigenvalue weighted by atomic mass is 16.5. The van der Waals surface area contributed by atoms with Crippen LogP contribution in [0.15, 0.2) is 22.6 Å². The Morgan fingerprint density at radius 1 is 1.38 bits per heavy atom. The van der Waals surface area contributed by atoms with Crippen LogP contribution in [-0.4, -0.2) is 17.3 Å². The molecule has 0 unspecified atom stereocenters. The summed E-state index contributed by atoms with van der Waals surface area (Å²) in [6.45, 7) is 1.96. The first-order valence-electron chi connectivity index (χ1n) is 5.01. The lowest BCUT2D eigenvalue weighted by molar-refractivity contribution is 0.414. The third kappa shape index (κ3) is 1.84. The minimum atomic E-state index is 0.453. The van der Waals surface area contributed by atoms with Gasteiger partial charge < -0.3 is 14.9 Å². The van der Waals surface area contributed by atoms with Gasteiger partial charge in [-0.1, -0.05) is 6.92 Å². The summed E-state index contributed by atoms with van der Waals surface area (Å²) in [5, 5.41) is 7.86.